The summed E-state index contributed by atoms with van der Waals surface area (Å²) in [6.45, 7) is 8.12. The van der Waals surface area contributed by atoms with Gasteiger partial charge in [-0.25, -0.2) is 4.39 Å². The molecule has 96 valence electrons. The summed E-state index contributed by atoms with van der Waals surface area (Å²) in [4.78, 5) is 2.16. The Kier molecular flexibility index (Phi) is 5.59. The van der Waals surface area contributed by atoms with Gasteiger partial charge in [-0.05, 0) is 20.0 Å². The molecule has 1 unspecified atom stereocenters. The van der Waals surface area contributed by atoms with Gasteiger partial charge in [-0.15, -0.1) is 0 Å². The zero-order valence-electron chi connectivity index (χ0n) is 11.2. The van der Waals surface area contributed by atoms with E-state index in [-0.39, 0.29) is 11.9 Å². The van der Waals surface area contributed by atoms with Crippen LogP contribution in [0.2, 0.25) is 0 Å². The van der Waals surface area contributed by atoms with E-state index in [1.807, 2.05) is 26.1 Å². The Morgan fingerprint density at radius 1 is 1.24 bits per heavy atom. The first-order chi connectivity index (χ1) is 8.02. The Morgan fingerprint density at radius 2 is 1.88 bits per heavy atom. The van der Waals surface area contributed by atoms with Gasteiger partial charge in [0.2, 0.25) is 0 Å². The smallest absolute Gasteiger partial charge is 0.127 e. The van der Waals surface area contributed by atoms with Gasteiger partial charge in [0, 0.05) is 30.7 Å². The zero-order valence-corrected chi connectivity index (χ0v) is 11.2. The van der Waals surface area contributed by atoms with E-state index in [0.29, 0.717) is 6.04 Å². The van der Waals surface area contributed by atoms with Gasteiger partial charge >= 0.3 is 0 Å². The van der Waals surface area contributed by atoms with E-state index in [1.54, 1.807) is 6.07 Å². The second kappa shape index (κ2) is 6.72. The summed E-state index contributed by atoms with van der Waals surface area (Å²) in [6.07, 6.45) is 0. The predicted molar refractivity (Wildman–Crippen MR) is 70.6 cm³/mol. The highest BCUT2D eigenvalue weighted by molar-refractivity contribution is 5.20. The molecule has 0 saturated heterocycles. The molecule has 1 aromatic rings. The molecular weight excluding hydrogens is 215 g/mol. The molecule has 1 atom stereocenters. The van der Waals surface area contributed by atoms with Gasteiger partial charge in [-0.3, -0.25) is 4.90 Å². The molecule has 2 nitrogen and oxygen atoms in total. The summed E-state index contributed by atoms with van der Waals surface area (Å²) >= 11 is 0. The summed E-state index contributed by atoms with van der Waals surface area (Å²) in [6, 6.07) is 7.58. The van der Waals surface area contributed by atoms with Crippen molar-refractivity contribution in [2.45, 2.75) is 32.9 Å². The summed E-state index contributed by atoms with van der Waals surface area (Å²) in [5, 5.41) is 3.36. The van der Waals surface area contributed by atoms with Crippen LogP contribution in [0.15, 0.2) is 24.3 Å². The van der Waals surface area contributed by atoms with E-state index in [9.17, 15) is 4.39 Å². The maximum atomic E-state index is 13.6. The molecular formula is C14H23FN2. The largest absolute Gasteiger partial charge is 0.313 e. The molecule has 0 aromatic heterocycles. The van der Waals surface area contributed by atoms with Crippen molar-refractivity contribution in [1.82, 2.24) is 10.2 Å². The summed E-state index contributed by atoms with van der Waals surface area (Å²) in [7, 11) is 2.03. The van der Waals surface area contributed by atoms with Crippen LogP contribution >= 0.6 is 0 Å². The maximum Gasteiger partial charge on any atom is 0.127 e. The summed E-state index contributed by atoms with van der Waals surface area (Å²) in [5.74, 6) is -0.122. The molecule has 0 spiro atoms. The van der Waals surface area contributed by atoms with Gasteiger partial charge in [0.05, 0.1) is 0 Å². The molecule has 0 aliphatic rings. The Bertz CT molecular complexity index is 339. The molecule has 0 amide bonds. The molecule has 0 aliphatic heterocycles. The average Bonchev–Trinajstić information content (AvgIpc) is 2.28. The van der Waals surface area contributed by atoms with Crippen molar-refractivity contribution < 1.29 is 4.39 Å². The molecule has 0 heterocycles. The Labute approximate surface area is 104 Å². The molecule has 3 heteroatoms. The van der Waals surface area contributed by atoms with Gasteiger partial charge in [-0.1, -0.05) is 32.0 Å². The van der Waals surface area contributed by atoms with Crippen LogP contribution in [0, 0.1) is 5.82 Å². The van der Waals surface area contributed by atoms with Crippen molar-refractivity contribution in [1.29, 1.82) is 0 Å². The summed E-state index contributed by atoms with van der Waals surface area (Å²) in [5.41, 5.74) is 0.763. The van der Waals surface area contributed by atoms with Gasteiger partial charge in [-0.2, -0.15) is 0 Å². The number of rotatable bonds is 6. The van der Waals surface area contributed by atoms with Crippen molar-refractivity contribution in [3.8, 4) is 0 Å². The van der Waals surface area contributed by atoms with Crippen LogP contribution in [0.25, 0.3) is 0 Å². The molecule has 0 aliphatic carbocycles. The molecule has 1 rings (SSSR count). The van der Waals surface area contributed by atoms with Crippen LogP contribution in [0.4, 0.5) is 4.39 Å². The minimum absolute atomic E-state index is 0.102. The molecule has 17 heavy (non-hydrogen) atoms. The lowest BCUT2D eigenvalue weighted by Gasteiger charge is -2.25. The lowest BCUT2D eigenvalue weighted by Crippen LogP contribution is -2.34. The highest BCUT2D eigenvalue weighted by Crippen LogP contribution is 2.20. The molecule has 0 bridgehead atoms. The van der Waals surface area contributed by atoms with Crippen LogP contribution in [0.3, 0.4) is 0 Å². The maximum absolute atomic E-state index is 13.6. The van der Waals surface area contributed by atoms with Crippen molar-refractivity contribution in [2.24, 2.45) is 0 Å². The third kappa shape index (κ3) is 4.44. The van der Waals surface area contributed by atoms with Gasteiger partial charge in [0.25, 0.3) is 0 Å². The van der Waals surface area contributed by atoms with Crippen molar-refractivity contribution >= 4 is 0 Å². The van der Waals surface area contributed by atoms with E-state index in [1.165, 1.54) is 6.07 Å². The van der Waals surface area contributed by atoms with E-state index in [0.717, 1.165) is 18.7 Å². The van der Waals surface area contributed by atoms with Crippen molar-refractivity contribution in [3.63, 3.8) is 0 Å². The first-order valence-corrected chi connectivity index (χ1v) is 6.20. The van der Waals surface area contributed by atoms with Gasteiger partial charge in [0.1, 0.15) is 5.82 Å². The van der Waals surface area contributed by atoms with E-state index in [4.69, 9.17) is 0 Å². The number of hydrogen-bond donors (Lipinski definition) is 1. The Hall–Kier alpha value is -0.930. The monoisotopic (exact) mass is 238 g/mol. The fourth-order valence-electron chi connectivity index (χ4n) is 1.77. The first kappa shape index (κ1) is 14.1. The highest BCUT2D eigenvalue weighted by Gasteiger charge is 2.14. The van der Waals surface area contributed by atoms with Crippen LogP contribution in [-0.4, -0.2) is 31.1 Å². The topological polar surface area (TPSA) is 15.3 Å². The number of halogens is 1. The lowest BCUT2D eigenvalue weighted by atomic mass is 10.1. The molecule has 1 aromatic carbocycles. The zero-order chi connectivity index (χ0) is 12.8. The van der Waals surface area contributed by atoms with Crippen molar-refractivity contribution in [2.75, 3.05) is 20.1 Å². The van der Waals surface area contributed by atoms with Gasteiger partial charge < -0.3 is 5.32 Å². The van der Waals surface area contributed by atoms with Crippen LogP contribution in [0.1, 0.15) is 32.4 Å². The fraction of sp³-hybridized carbons (Fsp3) is 0.571. The van der Waals surface area contributed by atoms with Crippen LogP contribution in [0.5, 0.6) is 0 Å². The third-order valence-corrected chi connectivity index (χ3v) is 3.03. The molecule has 0 fully saturated rings. The Morgan fingerprint density at radius 3 is 2.47 bits per heavy atom. The average molecular weight is 238 g/mol. The van der Waals surface area contributed by atoms with Crippen molar-refractivity contribution in [3.05, 3.63) is 35.6 Å². The molecule has 1 N–H and O–H groups in total. The normalized spacial score (nSPS) is 13.4. The summed E-state index contributed by atoms with van der Waals surface area (Å²) < 4.78 is 13.6. The number of nitrogens with zero attached hydrogens (tertiary/aromatic N) is 1. The number of hydrogen-bond acceptors (Lipinski definition) is 2. The predicted octanol–water partition coefficient (Wildman–Crippen LogP) is 2.82. The van der Waals surface area contributed by atoms with E-state index < -0.39 is 0 Å². The number of likely N-dealkylation sites (N-methyl/N-ethyl adjacent to an activating group) is 1. The standard InChI is InChI=1S/C14H23FN2/c1-11(2)16-9-10-17(4)12(3)13-7-5-6-8-14(13)15/h5-8,11-12,16H,9-10H2,1-4H3. The van der Waals surface area contributed by atoms with E-state index >= 15 is 0 Å². The number of benzene rings is 1. The lowest BCUT2D eigenvalue weighted by molar-refractivity contribution is 0.253. The second-order valence-electron chi connectivity index (χ2n) is 4.79. The first-order valence-electron chi connectivity index (χ1n) is 6.20. The van der Waals surface area contributed by atoms with Gasteiger partial charge in [0.15, 0.2) is 0 Å². The fourth-order valence-corrected chi connectivity index (χ4v) is 1.77. The minimum Gasteiger partial charge on any atom is -0.313 e. The minimum atomic E-state index is -0.122. The SMILES string of the molecule is CC(C)NCCN(C)C(C)c1ccccc1F. The van der Waals surface area contributed by atoms with E-state index in [2.05, 4.69) is 24.1 Å². The van der Waals surface area contributed by atoms with Crippen LogP contribution in [-0.2, 0) is 0 Å². The third-order valence-electron chi connectivity index (χ3n) is 3.03. The highest BCUT2D eigenvalue weighted by atomic mass is 19.1. The second-order valence-corrected chi connectivity index (χ2v) is 4.79. The number of nitrogens with one attached hydrogen (secondary N) is 1. The molecule has 0 saturated carbocycles. The Balaban J connectivity index is 2.52. The van der Waals surface area contributed by atoms with Crippen LogP contribution < -0.4 is 5.32 Å². The molecule has 0 radical (unpaired) electrons. The quantitative estimate of drug-likeness (QED) is 0.820.